The summed E-state index contributed by atoms with van der Waals surface area (Å²) in [5.74, 6) is 2.78. The summed E-state index contributed by atoms with van der Waals surface area (Å²) < 4.78 is 12.3. The molecule has 166 valence electrons. The molecule has 0 aliphatic heterocycles. The third-order valence-electron chi connectivity index (χ3n) is 8.74. The number of rotatable bonds is 4. The van der Waals surface area contributed by atoms with Crippen molar-refractivity contribution >= 4 is 11.9 Å². The molecule has 4 aliphatic rings. The number of ether oxygens (including phenoxy) is 2. The van der Waals surface area contributed by atoms with E-state index in [-0.39, 0.29) is 24.1 Å². The summed E-state index contributed by atoms with van der Waals surface area (Å²) in [5, 5.41) is 0. The first-order chi connectivity index (χ1) is 15.5. The normalized spacial score (nSPS) is 36.2. The fourth-order valence-electron chi connectivity index (χ4n) is 7.71. The van der Waals surface area contributed by atoms with Gasteiger partial charge in [-0.3, -0.25) is 0 Å². The molecule has 0 N–H and O–H groups in total. The first-order valence-corrected chi connectivity index (χ1v) is 12.0. The third-order valence-corrected chi connectivity index (χ3v) is 8.74. The predicted octanol–water partition coefficient (Wildman–Crippen LogP) is 5.37. The Hall–Kier alpha value is -2.62. The van der Waals surface area contributed by atoms with Crippen molar-refractivity contribution in [3.8, 4) is 0 Å². The van der Waals surface area contributed by atoms with E-state index in [9.17, 15) is 9.59 Å². The highest BCUT2D eigenvalue weighted by atomic mass is 16.6. The molecular weight excluding hydrogens is 400 g/mol. The minimum Gasteiger partial charge on any atom is -0.455 e. The number of carbonyl (C=O) groups is 2. The number of fused-ring (bicyclic) bond motifs is 9. The van der Waals surface area contributed by atoms with Gasteiger partial charge in [-0.2, -0.15) is 0 Å². The van der Waals surface area contributed by atoms with Gasteiger partial charge in [-0.15, -0.1) is 0 Å². The molecule has 4 nitrogen and oxygen atoms in total. The molecule has 0 spiro atoms. The summed E-state index contributed by atoms with van der Waals surface area (Å²) >= 11 is 0. The summed E-state index contributed by atoms with van der Waals surface area (Å²) in [6.07, 6.45) is 4.24. The summed E-state index contributed by atoms with van der Waals surface area (Å²) in [4.78, 5) is 26.1. The van der Waals surface area contributed by atoms with Gasteiger partial charge in [-0.05, 0) is 87.5 Å². The minimum atomic E-state index is -0.345. The highest BCUT2D eigenvalue weighted by Gasteiger charge is 2.68. The predicted molar refractivity (Wildman–Crippen MR) is 120 cm³/mol. The molecule has 8 atom stereocenters. The van der Waals surface area contributed by atoms with Gasteiger partial charge in [-0.25, -0.2) is 9.59 Å². The Bertz CT molecular complexity index is 991. The molecule has 0 saturated heterocycles. The molecule has 0 heterocycles. The van der Waals surface area contributed by atoms with Gasteiger partial charge in [0.15, 0.2) is 0 Å². The Balaban J connectivity index is 1.28. The van der Waals surface area contributed by atoms with Crippen LogP contribution in [0.1, 0.15) is 57.5 Å². The van der Waals surface area contributed by atoms with Gasteiger partial charge in [0, 0.05) is 11.8 Å². The minimum absolute atomic E-state index is 0.303. The highest BCUT2D eigenvalue weighted by Crippen LogP contribution is 2.68. The van der Waals surface area contributed by atoms with Gasteiger partial charge in [-0.1, -0.05) is 35.4 Å². The maximum absolute atomic E-state index is 13.1. The van der Waals surface area contributed by atoms with Crippen molar-refractivity contribution in [1.82, 2.24) is 0 Å². The van der Waals surface area contributed by atoms with Crippen LogP contribution in [0.3, 0.4) is 0 Å². The molecule has 8 unspecified atom stereocenters. The summed E-state index contributed by atoms with van der Waals surface area (Å²) in [7, 11) is 0. The molecule has 2 aromatic carbocycles. The van der Waals surface area contributed by atoms with Gasteiger partial charge in [0.2, 0.25) is 0 Å². The maximum atomic E-state index is 13.1. The van der Waals surface area contributed by atoms with Crippen LogP contribution in [-0.2, 0) is 9.47 Å². The van der Waals surface area contributed by atoms with Crippen molar-refractivity contribution < 1.29 is 19.1 Å². The molecule has 6 rings (SSSR count). The number of hydrogen-bond acceptors (Lipinski definition) is 4. The second kappa shape index (κ2) is 7.47. The van der Waals surface area contributed by atoms with Gasteiger partial charge in [0.05, 0.1) is 11.1 Å². The van der Waals surface area contributed by atoms with Gasteiger partial charge >= 0.3 is 11.9 Å². The topological polar surface area (TPSA) is 52.6 Å². The standard InChI is InChI=1S/C28H30O4/c1-15-5-3-7-19(11-15)27(29)31-25-21-14-22(24-18-10-9-17(13-18)23(21)24)26(25)32-28(30)20-8-4-6-16(2)12-20/h3-8,11-12,17-18,21-26H,9-10,13-14H2,1-2H3. The van der Waals surface area contributed by atoms with Crippen LogP contribution in [0.25, 0.3) is 0 Å². The highest BCUT2D eigenvalue weighted by molar-refractivity contribution is 5.90. The monoisotopic (exact) mass is 430 g/mol. The van der Waals surface area contributed by atoms with E-state index in [0.29, 0.717) is 34.8 Å². The lowest BCUT2D eigenvalue weighted by Crippen LogP contribution is -2.48. The van der Waals surface area contributed by atoms with E-state index >= 15 is 0 Å². The molecule has 32 heavy (non-hydrogen) atoms. The van der Waals surface area contributed by atoms with E-state index in [4.69, 9.17) is 9.47 Å². The Morgan fingerprint density at radius 2 is 1.19 bits per heavy atom. The number of aryl methyl sites for hydroxylation is 2. The van der Waals surface area contributed by atoms with Crippen LogP contribution in [0, 0.1) is 49.4 Å². The van der Waals surface area contributed by atoms with Crippen LogP contribution in [0.5, 0.6) is 0 Å². The fourth-order valence-corrected chi connectivity index (χ4v) is 7.71. The Morgan fingerprint density at radius 1 is 0.719 bits per heavy atom. The summed E-state index contributed by atoms with van der Waals surface area (Å²) in [6.45, 7) is 3.95. The van der Waals surface area contributed by atoms with E-state index in [1.165, 1.54) is 19.3 Å². The molecule has 0 aromatic heterocycles. The Labute approximate surface area is 189 Å². The van der Waals surface area contributed by atoms with E-state index in [1.54, 1.807) is 12.1 Å². The average molecular weight is 431 g/mol. The van der Waals surface area contributed by atoms with E-state index in [0.717, 1.165) is 29.4 Å². The molecular formula is C28H30O4. The zero-order valence-corrected chi connectivity index (χ0v) is 18.7. The van der Waals surface area contributed by atoms with Crippen LogP contribution in [0.15, 0.2) is 48.5 Å². The molecule has 4 aliphatic carbocycles. The largest absolute Gasteiger partial charge is 0.455 e. The molecule has 4 heteroatoms. The summed E-state index contributed by atoms with van der Waals surface area (Å²) in [6, 6.07) is 15.0. The van der Waals surface area contributed by atoms with E-state index < -0.39 is 0 Å². The van der Waals surface area contributed by atoms with E-state index in [2.05, 4.69) is 0 Å². The maximum Gasteiger partial charge on any atom is 0.338 e. The van der Waals surface area contributed by atoms with Crippen molar-refractivity contribution in [3.63, 3.8) is 0 Å². The fraction of sp³-hybridized carbons (Fsp3) is 0.500. The van der Waals surface area contributed by atoms with Gasteiger partial charge in [0.1, 0.15) is 12.2 Å². The average Bonchev–Trinajstić information content (AvgIpc) is 3.54. The first-order valence-electron chi connectivity index (χ1n) is 12.0. The molecule has 4 saturated carbocycles. The number of hydrogen-bond donors (Lipinski definition) is 0. The van der Waals surface area contributed by atoms with Gasteiger partial charge < -0.3 is 9.47 Å². The summed E-state index contributed by atoms with van der Waals surface area (Å²) in [5.41, 5.74) is 3.20. The zero-order valence-electron chi connectivity index (χ0n) is 18.7. The number of benzene rings is 2. The number of carbonyl (C=O) groups excluding carboxylic acids is 2. The Morgan fingerprint density at radius 3 is 1.62 bits per heavy atom. The van der Waals surface area contributed by atoms with Crippen molar-refractivity contribution in [2.75, 3.05) is 0 Å². The quantitative estimate of drug-likeness (QED) is 0.484. The van der Waals surface area contributed by atoms with Crippen molar-refractivity contribution in [2.45, 2.75) is 51.7 Å². The van der Waals surface area contributed by atoms with Crippen molar-refractivity contribution in [1.29, 1.82) is 0 Å². The lowest BCUT2D eigenvalue weighted by molar-refractivity contribution is -0.0891. The van der Waals surface area contributed by atoms with Crippen molar-refractivity contribution in [3.05, 3.63) is 70.8 Å². The van der Waals surface area contributed by atoms with Gasteiger partial charge in [0.25, 0.3) is 0 Å². The molecule has 0 amide bonds. The van der Waals surface area contributed by atoms with Crippen LogP contribution in [0.4, 0.5) is 0 Å². The molecule has 2 aromatic rings. The smallest absolute Gasteiger partial charge is 0.338 e. The number of esters is 2. The van der Waals surface area contributed by atoms with Crippen molar-refractivity contribution in [2.24, 2.45) is 35.5 Å². The molecule has 4 bridgehead atoms. The lowest BCUT2D eigenvalue weighted by Gasteiger charge is -2.42. The molecule has 4 fully saturated rings. The second-order valence-corrected chi connectivity index (χ2v) is 10.5. The Kier molecular flexibility index (Phi) is 4.67. The second-order valence-electron chi connectivity index (χ2n) is 10.5. The third kappa shape index (κ3) is 3.10. The van der Waals surface area contributed by atoms with Crippen LogP contribution in [0.2, 0.25) is 0 Å². The van der Waals surface area contributed by atoms with E-state index in [1.807, 2.05) is 50.2 Å². The first kappa shape index (κ1) is 20.0. The molecule has 0 radical (unpaired) electrons. The lowest BCUT2D eigenvalue weighted by atomic mass is 9.69. The van der Waals surface area contributed by atoms with Crippen LogP contribution < -0.4 is 0 Å². The van der Waals surface area contributed by atoms with Crippen LogP contribution in [-0.4, -0.2) is 24.1 Å². The van der Waals surface area contributed by atoms with Crippen LogP contribution >= 0.6 is 0 Å². The zero-order chi connectivity index (χ0) is 22.0. The SMILES string of the molecule is Cc1cccc(C(=O)OC2C3CC(C2OC(=O)c2cccc(C)c2)C2C4CCC(C4)C32)c1.